The summed E-state index contributed by atoms with van der Waals surface area (Å²) < 4.78 is 0. The number of nitrogens with zero attached hydrogens (tertiary/aromatic N) is 1. The van der Waals surface area contributed by atoms with E-state index >= 15 is 0 Å². The molecule has 1 aromatic carbocycles. The molecular weight excluding hydrogens is 255 g/mol. The molecule has 4 heteroatoms. The summed E-state index contributed by atoms with van der Waals surface area (Å²) in [6.45, 7) is 3.96. The van der Waals surface area contributed by atoms with Crippen molar-refractivity contribution in [2.75, 3.05) is 0 Å². The third kappa shape index (κ3) is 2.89. The number of hydrogen-bond donors (Lipinski definition) is 1. The Labute approximate surface area is 111 Å². The first-order valence-corrected chi connectivity index (χ1v) is 6.15. The maximum absolute atomic E-state index is 6.36. The van der Waals surface area contributed by atoms with Gasteiger partial charge in [-0.2, -0.15) is 0 Å². The first-order chi connectivity index (χ1) is 7.87. The monoisotopic (exact) mass is 268 g/mol. The van der Waals surface area contributed by atoms with Gasteiger partial charge in [0.05, 0.1) is 10.5 Å². The van der Waals surface area contributed by atoms with Crippen LogP contribution in [0.5, 0.6) is 0 Å². The summed E-state index contributed by atoms with van der Waals surface area (Å²) in [5.74, 6) is 0. The molecule has 0 fully saturated rings. The number of benzene rings is 1. The van der Waals surface area contributed by atoms with Crippen LogP contribution in [0.25, 0.3) is 10.9 Å². The second-order valence-corrected chi connectivity index (χ2v) is 5.67. The highest BCUT2D eigenvalue weighted by atomic mass is 35.5. The Kier molecular flexibility index (Phi) is 3.30. The Morgan fingerprint density at radius 3 is 2.53 bits per heavy atom. The van der Waals surface area contributed by atoms with Gasteiger partial charge in [0.2, 0.25) is 0 Å². The summed E-state index contributed by atoms with van der Waals surface area (Å²) in [6.07, 6.45) is 0.727. The van der Waals surface area contributed by atoms with Gasteiger partial charge in [0.15, 0.2) is 0 Å². The molecule has 1 aromatic heterocycles. The SMILES string of the molecule is CC(C)(N)Cc1ccc2nc(Cl)ccc2c1Cl. The first kappa shape index (κ1) is 12.6. The maximum Gasteiger partial charge on any atom is 0.129 e. The number of halogens is 2. The molecule has 0 aliphatic rings. The average molecular weight is 269 g/mol. The first-order valence-electron chi connectivity index (χ1n) is 5.39. The summed E-state index contributed by atoms with van der Waals surface area (Å²) in [7, 11) is 0. The lowest BCUT2D eigenvalue weighted by Crippen LogP contribution is -2.34. The van der Waals surface area contributed by atoms with Crippen LogP contribution in [0.4, 0.5) is 0 Å². The second kappa shape index (κ2) is 4.45. The van der Waals surface area contributed by atoms with Gasteiger partial charge in [-0.1, -0.05) is 29.3 Å². The van der Waals surface area contributed by atoms with Crippen molar-refractivity contribution < 1.29 is 0 Å². The van der Waals surface area contributed by atoms with E-state index in [4.69, 9.17) is 28.9 Å². The molecule has 2 rings (SSSR count). The summed E-state index contributed by atoms with van der Waals surface area (Å²) in [5, 5.41) is 2.10. The Morgan fingerprint density at radius 2 is 1.88 bits per heavy atom. The predicted octanol–water partition coefficient (Wildman–Crippen LogP) is 3.82. The van der Waals surface area contributed by atoms with Gasteiger partial charge in [0.1, 0.15) is 5.15 Å². The van der Waals surface area contributed by atoms with Crippen molar-refractivity contribution >= 4 is 34.1 Å². The molecule has 2 N–H and O–H groups in total. The quantitative estimate of drug-likeness (QED) is 0.842. The van der Waals surface area contributed by atoms with Crippen molar-refractivity contribution in [1.82, 2.24) is 4.98 Å². The van der Waals surface area contributed by atoms with Crippen LogP contribution in [-0.2, 0) is 6.42 Å². The Balaban J connectivity index is 2.54. The van der Waals surface area contributed by atoms with Crippen molar-refractivity contribution in [3.63, 3.8) is 0 Å². The molecule has 0 saturated carbocycles. The Bertz CT molecular complexity index is 559. The molecule has 0 amide bonds. The second-order valence-electron chi connectivity index (χ2n) is 4.90. The molecule has 2 aromatic rings. The van der Waals surface area contributed by atoms with E-state index in [2.05, 4.69) is 4.98 Å². The number of aromatic nitrogens is 1. The zero-order chi connectivity index (χ0) is 12.6. The maximum atomic E-state index is 6.36. The molecule has 0 saturated heterocycles. The van der Waals surface area contributed by atoms with Gasteiger partial charge < -0.3 is 5.73 Å². The van der Waals surface area contributed by atoms with Gasteiger partial charge in [-0.25, -0.2) is 4.98 Å². The molecule has 17 heavy (non-hydrogen) atoms. The van der Waals surface area contributed by atoms with Crippen LogP contribution >= 0.6 is 23.2 Å². The minimum atomic E-state index is -0.281. The van der Waals surface area contributed by atoms with Crippen molar-refractivity contribution in [3.05, 3.63) is 40.0 Å². The highest BCUT2D eigenvalue weighted by Crippen LogP contribution is 2.29. The van der Waals surface area contributed by atoms with Crippen LogP contribution in [0.2, 0.25) is 10.2 Å². The Morgan fingerprint density at radius 1 is 1.18 bits per heavy atom. The predicted molar refractivity (Wildman–Crippen MR) is 73.7 cm³/mol. The fraction of sp³-hybridized carbons (Fsp3) is 0.308. The molecule has 0 atom stereocenters. The summed E-state index contributed by atoms with van der Waals surface area (Å²) in [6, 6.07) is 7.52. The van der Waals surface area contributed by atoms with Gasteiger partial charge in [-0.15, -0.1) is 0 Å². The standard InChI is InChI=1S/C13H14Cl2N2/c1-13(2,16)7-8-3-5-10-9(12(8)15)4-6-11(14)17-10/h3-6H,7,16H2,1-2H3. The highest BCUT2D eigenvalue weighted by Gasteiger charge is 2.15. The number of hydrogen-bond acceptors (Lipinski definition) is 2. The molecular formula is C13H14Cl2N2. The van der Waals surface area contributed by atoms with E-state index in [1.807, 2.05) is 32.0 Å². The zero-order valence-corrected chi connectivity index (χ0v) is 11.3. The highest BCUT2D eigenvalue weighted by molar-refractivity contribution is 6.36. The largest absolute Gasteiger partial charge is 0.325 e. The van der Waals surface area contributed by atoms with E-state index in [1.54, 1.807) is 6.07 Å². The smallest absolute Gasteiger partial charge is 0.129 e. The molecule has 0 aliphatic heterocycles. The summed E-state index contributed by atoms with van der Waals surface area (Å²) in [4.78, 5) is 4.22. The van der Waals surface area contributed by atoms with Gasteiger partial charge in [-0.05, 0) is 44.0 Å². The van der Waals surface area contributed by atoms with Gasteiger partial charge in [-0.3, -0.25) is 0 Å². The topological polar surface area (TPSA) is 38.9 Å². The number of fused-ring (bicyclic) bond motifs is 1. The number of nitrogens with two attached hydrogens (primary N) is 1. The average Bonchev–Trinajstić information content (AvgIpc) is 2.20. The van der Waals surface area contributed by atoms with Gasteiger partial charge in [0.25, 0.3) is 0 Å². The lowest BCUT2D eigenvalue weighted by atomic mass is 9.95. The molecule has 0 unspecified atom stereocenters. The van der Waals surface area contributed by atoms with Crippen molar-refractivity contribution in [2.45, 2.75) is 25.8 Å². The zero-order valence-electron chi connectivity index (χ0n) is 9.80. The van der Waals surface area contributed by atoms with Crippen LogP contribution in [0.1, 0.15) is 19.4 Å². The van der Waals surface area contributed by atoms with Crippen LogP contribution in [0.3, 0.4) is 0 Å². The molecule has 2 nitrogen and oxygen atoms in total. The molecule has 0 bridgehead atoms. The third-order valence-corrected chi connectivity index (χ3v) is 3.15. The molecule has 0 radical (unpaired) electrons. The van der Waals surface area contributed by atoms with Crippen LogP contribution in [0, 0.1) is 0 Å². The van der Waals surface area contributed by atoms with Crippen molar-refractivity contribution in [2.24, 2.45) is 5.73 Å². The minimum absolute atomic E-state index is 0.281. The number of rotatable bonds is 2. The molecule has 1 heterocycles. The van der Waals surface area contributed by atoms with E-state index in [9.17, 15) is 0 Å². The fourth-order valence-corrected chi connectivity index (χ4v) is 2.26. The van der Waals surface area contributed by atoms with E-state index in [-0.39, 0.29) is 5.54 Å². The van der Waals surface area contributed by atoms with E-state index in [1.165, 1.54) is 0 Å². The normalized spacial score (nSPS) is 12.1. The van der Waals surface area contributed by atoms with Crippen LogP contribution in [-0.4, -0.2) is 10.5 Å². The third-order valence-electron chi connectivity index (χ3n) is 2.50. The lowest BCUT2D eigenvalue weighted by Gasteiger charge is -2.19. The van der Waals surface area contributed by atoms with E-state index in [0.717, 1.165) is 22.9 Å². The number of pyridine rings is 1. The summed E-state index contributed by atoms with van der Waals surface area (Å²) in [5.41, 5.74) is 7.57. The van der Waals surface area contributed by atoms with E-state index < -0.39 is 0 Å². The van der Waals surface area contributed by atoms with Crippen molar-refractivity contribution in [1.29, 1.82) is 0 Å². The van der Waals surface area contributed by atoms with Crippen LogP contribution in [0.15, 0.2) is 24.3 Å². The molecule has 0 spiro atoms. The van der Waals surface area contributed by atoms with Gasteiger partial charge >= 0.3 is 0 Å². The molecule has 90 valence electrons. The Hall–Kier alpha value is -0.830. The fourth-order valence-electron chi connectivity index (χ4n) is 1.82. The van der Waals surface area contributed by atoms with Crippen molar-refractivity contribution in [3.8, 4) is 0 Å². The van der Waals surface area contributed by atoms with Gasteiger partial charge in [0, 0.05) is 10.9 Å². The molecule has 0 aliphatic carbocycles. The van der Waals surface area contributed by atoms with Crippen LogP contribution < -0.4 is 5.73 Å². The minimum Gasteiger partial charge on any atom is -0.325 e. The lowest BCUT2D eigenvalue weighted by molar-refractivity contribution is 0.517. The van der Waals surface area contributed by atoms with E-state index in [0.29, 0.717) is 10.2 Å². The summed E-state index contributed by atoms with van der Waals surface area (Å²) >= 11 is 12.2.